The molecule has 0 fully saturated rings. The molecule has 19 heavy (non-hydrogen) atoms. The van der Waals surface area contributed by atoms with Crippen LogP contribution in [-0.4, -0.2) is 23.7 Å². The summed E-state index contributed by atoms with van der Waals surface area (Å²) in [6.45, 7) is 0.505. The molecule has 6 heteroatoms. The molecule has 1 aromatic heterocycles. The SMILES string of the molecule is COCCC(N)c1ncc(-c2cccc(F)c2F)[nH]1. The zero-order chi connectivity index (χ0) is 13.8. The second-order valence-electron chi connectivity index (χ2n) is 4.17. The highest BCUT2D eigenvalue weighted by Crippen LogP contribution is 2.24. The molecule has 0 saturated carbocycles. The molecule has 0 aliphatic heterocycles. The third kappa shape index (κ3) is 2.97. The molecular weight excluding hydrogens is 252 g/mol. The predicted octanol–water partition coefficient (Wildman–Crippen LogP) is 2.39. The van der Waals surface area contributed by atoms with Gasteiger partial charge in [0, 0.05) is 19.3 Å². The maximum absolute atomic E-state index is 13.6. The minimum absolute atomic E-state index is 0.137. The highest BCUT2D eigenvalue weighted by molar-refractivity contribution is 5.59. The number of imidazole rings is 1. The third-order valence-corrected chi connectivity index (χ3v) is 2.82. The van der Waals surface area contributed by atoms with Crippen molar-refractivity contribution < 1.29 is 13.5 Å². The van der Waals surface area contributed by atoms with E-state index in [4.69, 9.17) is 10.5 Å². The monoisotopic (exact) mass is 267 g/mol. The number of aromatic amines is 1. The number of methoxy groups -OCH3 is 1. The van der Waals surface area contributed by atoms with Gasteiger partial charge >= 0.3 is 0 Å². The average Bonchev–Trinajstić information content (AvgIpc) is 2.88. The highest BCUT2D eigenvalue weighted by Gasteiger charge is 2.14. The van der Waals surface area contributed by atoms with Crippen molar-refractivity contribution in [2.45, 2.75) is 12.5 Å². The fourth-order valence-corrected chi connectivity index (χ4v) is 1.76. The van der Waals surface area contributed by atoms with Gasteiger partial charge in [-0.1, -0.05) is 6.07 Å². The van der Waals surface area contributed by atoms with Crippen LogP contribution >= 0.6 is 0 Å². The Kier molecular flexibility index (Phi) is 4.24. The first-order valence-electron chi connectivity index (χ1n) is 5.87. The number of H-pyrrole nitrogens is 1. The number of hydrogen-bond donors (Lipinski definition) is 2. The van der Waals surface area contributed by atoms with E-state index in [0.29, 0.717) is 24.5 Å². The molecule has 0 aliphatic rings. The summed E-state index contributed by atoms with van der Waals surface area (Å²) >= 11 is 0. The van der Waals surface area contributed by atoms with Gasteiger partial charge in [-0.15, -0.1) is 0 Å². The van der Waals surface area contributed by atoms with E-state index in [1.54, 1.807) is 7.11 Å². The normalized spacial score (nSPS) is 12.6. The van der Waals surface area contributed by atoms with E-state index < -0.39 is 11.6 Å². The fourth-order valence-electron chi connectivity index (χ4n) is 1.76. The van der Waals surface area contributed by atoms with E-state index in [2.05, 4.69) is 9.97 Å². The van der Waals surface area contributed by atoms with Gasteiger partial charge in [0.15, 0.2) is 11.6 Å². The van der Waals surface area contributed by atoms with Crippen molar-refractivity contribution in [2.75, 3.05) is 13.7 Å². The molecule has 3 N–H and O–H groups in total. The molecule has 0 spiro atoms. The van der Waals surface area contributed by atoms with Crippen LogP contribution in [0.1, 0.15) is 18.3 Å². The molecule has 2 rings (SSSR count). The maximum atomic E-state index is 13.6. The Bertz CT molecular complexity index is 557. The minimum atomic E-state index is -0.900. The second kappa shape index (κ2) is 5.90. The van der Waals surface area contributed by atoms with Crippen molar-refractivity contribution in [1.29, 1.82) is 0 Å². The molecule has 1 heterocycles. The van der Waals surface area contributed by atoms with Crippen LogP contribution in [0.5, 0.6) is 0 Å². The molecule has 0 radical (unpaired) electrons. The van der Waals surface area contributed by atoms with E-state index in [0.717, 1.165) is 6.07 Å². The number of nitrogens with two attached hydrogens (primary N) is 1. The van der Waals surface area contributed by atoms with Crippen LogP contribution in [0.25, 0.3) is 11.3 Å². The number of nitrogens with zero attached hydrogens (tertiary/aromatic N) is 1. The first kappa shape index (κ1) is 13.6. The summed E-state index contributed by atoms with van der Waals surface area (Å²) in [5.41, 5.74) is 6.44. The van der Waals surface area contributed by atoms with Crippen LogP contribution in [0.4, 0.5) is 8.78 Å². The Morgan fingerprint density at radius 3 is 2.95 bits per heavy atom. The number of nitrogens with one attached hydrogen (secondary N) is 1. The van der Waals surface area contributed by atoms with E-state index in [-0.39, 0.29) is 11.6 Å². The van der Waals surface area contributed by atoms with Gasteiger partial charge in [-0.05, 0) is 18.6 Å². The van der Waals surface area contributed by atoms with Crippen LogP contribution in [0, 0.1) is 11.6 Å². The van der Waals surface area contributed by atoms with Gasteiger partial charge < -0.3 is 15.5 Å². The Balaban J connectivity index is 2.23. The number of hydrogen-bond acceptors (Lipinski definition) is 3. The Morgan fingerprint density at radius 1 is 1.42 bits per heavy atom. The smallest absolute Gasteiger partial charge is 0.168 e. The maximum Gasteiger partial charge on any atom is 0.168 e. The summed E-state index contributed by atoms with van der Waals surface area (Å²) in [6.07, 6.45) is 2.04. The standard InChI is InChI=1S/C13H15F2N3O/c1-19-6-5-10(16)13-17-7-11(18-13)8-3-2-4-9(14)12(8)15/h2-4,7,10H,5-6,16H2,1H3,(H,17,18). The van der Waals surface area contributed by atoms with Gasteiger partial charge in [0.25, 0.3) is 0 Å². The van der Waals surface area contributed by atoms with Crippen LogP contribution in [0.3, 0.4) is 0 Å². The zero-order valence-corrected chi connectivity index (χ0v) is 10.5. The van der Waals surface area contributed by atoms with Gasteiger partial charge in [-0.2, -0.15) is 0 Å². The van der Waals surface area contributed by atoms with E-state index >= 15 is 0 Å². The van der Waals surface area contributed by atoms with Crippen molar-refractivity contribution in [3.05, 3.63) is 41.9 Å². The van der Waals surface area contributed by atoms with Crippen LogP contribution in [-0.2, 0) is 4.74 Å². The van der Waals surface area contributed by atoms with Crippen LogP contribution < -0.4 is 5.73 Å². The quantitative estimate of drug-likeness (QED) is 0.874. The predicted molar refractivity (Wildman–Crippen MR) is 67.4 cm³/mol. The van der Waals surface area contributed by atoms with Crippen molar-refractivity contribution in [3.63, 3.8) is 0 Å². The largest absolute Gasteiger partial charge is 0.385 e. The fraction of sp³-hybridized carbons (Fsp3) is 0.308. The lowest BCUT2D eigenvalue weighted by atomic mass is 10.1. The van der Waals surface area contributed by atoms with Gasteiger partial charge in [-0.25, -0.2) is 13.8 Å². The third-order valence-electron chi connectivity index (χ3n) is 2.82. The summed E-state index contributed by atoms with van der Waals surface area (Å²) in [4.78, 5) is 7.00. The van der Waals surface area contributed by atoms with Crippen LogP contribution in [0.2, 0.25) is 0 Å². The van der Waals surface area contributed by atoms with Gasteiger partial charge in [0.2, 0.25) is 0 Å². The van der Waals surface area contributed by atoms with Crippen LogP contribution in [0.15, 0.2) is 24.4 Å². The molecule has 0 amide bonds. The minimum Gasteiger partial charge on any atom is -0.385 e. The second-order valence-corrected chi connectivity index (χ2v) is 4.17. The molecule has 0 aliphatic carbocycles. The van der Waals surface area contributed by atoms with Crippen molar-refractivity contribution in [3.8, 4) is 11.3 Å². The molecule has 2 aromatic rings. The lowest BCUT2D eigenvalue weighted by Gasteiger charge is -2.07. The van der Waals surface area contributed by atoms with E-state index in [1.807, 2.05) is 0 Å². The molecular formula is C13H15F2N3O. The lowest BCUT2D eigenvalue weighted by Crippen LogP contribution is -2.14. The summed E-state index contributed by atoms with van der Waals surface area (Å²) in [6, 6.07) is 3.67. The van der Waals surface area contributed by atoms with Gasteiger partial charge in [0.05, 0.1) is 17.9 Å². The number of halogens is 2. The number of benzene rings is 1. The molecule has 0 saturated heterocycles. The summed E-state index contributed by atoms with van der Waals surface area (Å²) in [5.74, 6) is -1.27. The zero-order valence-electron chi connectivity index (χ0n) is 10.5. The Labute approximate surface area is 109 Å². The Morgan fingerprint density at radius 2 is 2.21 bits per heavy atom. The lowest BCUT2D eigenvalue weighted by molar-refractivity contribution is 0.187. The average molecular weight is 267 g/mol. The van der Waals surface area contributed by atoms with E-state index in [9.17, 15) is 8.78 Å². The molecule has 102 valence electrons. The topological polar surface area (TPSA) is 63.9 Å². The first-order valence-corrected chi connectivity index (χ1v) is 5.87. The molecule has 1 aromatic carbocycles. The number of ether oxygens (including phenoxy) is 1. The van der Waals surface area contributed by atoms with Crippen molar-refractivity contribution in [1.82, 2.24) is 9.97 Å². The molecule has 4 nitrogen and oxygen atoms in total. The van der Waals surface area contributed by atoms with Crippen molar-refractivity contribution in [2.24, 2.45) is 5.73 Å². The number of aromatic nitrogens is 2. The van der Waals surface area contributed by atoms with E-state index in [1.165, 1.54) is 18.3 Å². The highest BCUT2D eigenvalue weighted by atomic mass is 19.2. The Hall–Kier alpha value is -1.79. The first-order chi connectivity index (χ1) is 9.13. The summed E-state index contributed by atoms with van der Waals surface area (Å²) in [7, 11) is 1.59. The van der Waals surface area contributed by atoms with Crippen molar-refractivity contribution >= 4 is 0 Å². The van der Waals surface area contributed by atoms with Gasteiger partial charge in [-0.3, -0.25) is 0 Å². The molecule has 1 atom stereocenters. The summed E-state index contributed by atoms with van der Waals surface area (Å²) < 4.78 is 31.7. The van der Waals surface area contributed by atoms with Gasteiger partial charge in [0.1, 0.15) is 5.82 Å². The summed E-state index contributed by atoms with van der Waals surface area (Å²) in [5, 5.41) is 0. The molecule has 1 unspecified atom stereocenters. The molecule has 0 bridgehead atoms. The number of rotatable bonds is 5.